The van der Waals surface area contributed by atoms with Crippen molar-refractivity contribution in [2.24, 2.45) is 0 Å². The third kappa shape index (κ3) is 4.20. The molecule has 0 saturated heterocycles. The Hall–Kier alpha value is -2.20. The fraction of sp³-hybridized carbons (Fsp3) is 0.316. The first-order valence-corrected chi connectivity index (χ1v) is 8.43. The number of fused-ring (bicyclic) bond motifs is 1. The molecule has 2 aromatic carbocycles. The summed E-state index contributed by atoms with van der Waals surface area (Å²) < 4.78 is 11.1. The van der Waals surface area contributed by atoms with E-state index < -0.39 is 0 Å². The van der Waals surface area contributed by atoms with Gasteiger partial charge >= 0.3 is 0 Å². The van der Waals surface area contributed by atoms with Gasteiger partial charge in [0.25, 0.3) is 0 Å². The molecule has 24 heavy (non-hydrogen) atoms. The molecule has 0 aliphatic carbocycles. The van der Waals surface area contributed by atoms with Crippen molar-refractivity contribution < 1.29 is 14.3 Å². The van der Waals surface area contributed by atoms with E-state index in [0.29, 0.717) is 31.1 Å². The van der Waals surface area contributed by atoms with E-state index >= 15 is 0 Å². The lowest BCUT2D eigenvalue weighted by Crippen LogP contribution is -2.27. The van der Waals surface area contributed by atoms with E-state index in [9.17, 15) is 4.79 Å². The molecule has 4 nitrogen and oxygen atoms in total. The molecule has 1 N–H and O–H groups in total. The molecule has 3 rings (SSSR count). The van der Waals surface area contributed by atoms with E-state index in [1.807, 2.05) is 49.4 Å². The number of ether oxygens (including phenoxy) is 2. The van der Waals surface area contributed by atoms with Gasteiger partial charge in [0.2, 0.25) is 5.91 Å². The Balaban J connectivity index is 1.55. The topological polar surface area (TPSA) is 47.6 Å². The Bertz CT molecular complexity index is 715. The second kappa shape index (κ2) is 7.58. The predicted octanol–water partition coefficient (Wildman–Crippen LogP) is 3.92. The van der Waals surface area contributed by atoms with Crippen molar-refractivity contribution in [3.63, 3.8) is 0 Å². The number of nitrogens with one attached hydrogen (secondary N) is 1. The van der Waals surface area contributed by atoms with Gasteiger partial charge in [0.15, 0.2) is 11.5 Å². The van der Waals surface area contributed by atoms with Crippen LogP contribution in [0.1, 0.15) is 30.5 Å². The van der Waals surface area contributed by atoms with E-state index in [-0.39, 0.29) is 11.9 Å². The minimum atomic E-state index is -0.0847. The van der Waals surface area contributed by atoms with Crippen molar-refractivity contribution in [3.05, 3.63) is 58.6 Å². The lowest BCUT2D eigenvalue weighted by molar-refractivity contribution is -0.121. The third-order valence-electron chi connectivity index (χ3n) is 4.00. The zero-order valence-electron chi connectivity index (χ0n) is 13.5. The number of amides is 1. The average Bonchev–Trinajstić information content (AvgIpc) is 2.61. The maximum Gasteiger partial charge on any atom is 0.220 e. The van der Waals surface area contributed by atoms with Crippen molar-refractivity contribution >= 4 is 17.5 Å². The van der Waals surface area contributed by atoms with Crippen molar-refractivity contribution in [1.29, 1.82) is 0 Å². The summed E-state index contributed by atoms with van der Waals surface area (Å²) in [6, 6.07) is 13.3. The van der Waals surface area contributed by atoms with Crippen LogP contribution in [0.25, 0.3) is 0 Å². The SMILES string of the molecule is C[C@@H](NC(=O)CCc1ccc(Cl)cc1)c1ccc2c(c1)OCCO2. The standard InChI is InChI=1S/C19H20ClNO3/c1-13(15-5-8-17-18(12-15)24-11-10-23-17)21-19(22)9-4-14-2-6-16(20)7-3-14/h2-3,5-8,12-13H,4,9-11H2,1H3,(H,21,22)/t13-/m1/s1. The van der Waals surface area contributed by atoms with Crippen molar-refractivity contribution in [3.8, 4) is 11.5 Å². The highest BCUT2D eigenvalue weighted by molar-refractivity contribution is 6.30. The summed E-state index contributed by atoms with van der Waals surface area (Å²) in [4.78, 5) is 12.2. The molecule has 0 bridgehead atoms. The first-order chi connectivity index (χ1) is 11.6. The molecule has 126 valence electrons. The number of hydrogen-bond acceptors (Lipinski definition) is 3. The zero-order valence-corrected chi connectivity index (χ0v) is 14.3. The van der Waals surface area contributed by atoms with Crippen LogP contribution in [-0.4, -0.2) is 19.1 Å². The highest BCUT2D eigenvalue weighted by atomic mass is 35.5. The van der Waals surface area contributed by atoms with Crippen LogP contribution in [0.5, 0.6) is 11.5 Å². The quantitative estimate of drug-likeness (QED) is 0.893. The number of hydrogen-bond donors (Lipinski definition) is 1. The zero-order chi connectivity index (χ0) is 16.9. The number of rotatable bonds is 5. The summed E-state index contributed by atoms with van der Waals surface area (Å²) >= 11 is 5.86. The Morgan fingerprint density at radius 3 is 2.58 bits per heavy atom. The molecule has 1 aliphatic rings. The van der Waals surface area contributed by atoms with Gasteiger partial charge in [0.05, 0.1) is 6.04 Å². The summed E-state index contributed by atoms with van der Waals surface area (Å²) in [5.74, 6) is 1.51. The molecule has 1 heterocycles. The lowest BCUT2D eigenvalue weighted by atomic mass is 10.1. The molecule has 0 saturated carbocycles. The molecule has 1 amide bonds. The van der Waals surface area contributed by atoms with Crippen LogP contribution in [0.2, 0.25) is 5.02 Å². The Kier molecular flexibility index (Phi) is 5.26. The van der Waals surface area contributed by atoms with Crippen LogP contribution < -0.4 is 14.8 Å². The summed E-state index contributed by atoms with van der Waals surface area (Å²) in [7, 11) is 0. The second-order valence-electron chi connectivity index (χ2n) is 5.82. The van der Waals surface area contributed by atoms with Crippen LogP contribution in [0, 0.1) is 0 Å². The number of carbonyl (C=O) groups excluding carboxylic acids is 1. The average molecular weight is 346 g/mol. The highest BCUT2D eigenvalue weighted by Gasteiger charge is 2.15. The van der Waals surface area contributed by atoms with Crippen LogP contribution in [0.4, 0.5) is 0 Å². The van der Waals surface area contributed by atoms with E-state index in [1.54, 1.807) is 0 Å². The fourth-order valence-corrected chi connectivity index (χ4v) is 2.76. The number of benzene rings is 2. The lowest BCUT2D eigenvalue weighted by Gasteiger charge is -2.21. The molecule has 2 aromatic rings. The highest BCUT2D eigenvalue weighted by Crippen LogP contribution is 2.32. The van der Waals surface area contributed by atoms with Gasteiger partial charge in [-0.1, -0.05) is 29.8 Å². The summed E-state index contributed by atoms with van der Waals surface area (Å²) in [6.45, 7) is 3.09. The molecule has 0 radical (unpaired) electrons. The largest absolute Gasteiger partial charge is 0.486 e. The minimum absolute atomic E-state index is 0.0207. The predicted molar refractivity (Wildman–Crippen MR) is 93.8 cm³/mol. The van der Waals surface area contributed by atoms with Gasteiger partial charge in [-0.05, 0) is 48.7 Å². The molecule has 0 aromatic heterocycles. The minimum Gasteiger partial charge on any atom is -0.486 e. The van der Waals surface area contributed by atoms with E-state index in [4.69, 9.17) is 21.1 Å². The van der Waals surface area contributed by atoms with Gasteiger partial charge in [0, 0.05) is 11.4 Å². The summed E-state index contributed by atoms with van der Waals surface area (Å²) in [5.41, 5.74) is 2.10. The number of carbonyl (C=O) groups is 1. The van der Waals surface area contributed by atoms with Gasteiger partial charge in [-0.15, -0.1) is 0 Å². The van der Waals surface area contributed by atoms with Gasteiger partial charge in [-0.2, -0.15) is 0 Å². The maximum atomic E-state index is 12.2. The first-order valence-electron chi connectivity index (χ1n) is 8.05. The van der Waals surface area contributed by atoms with Gasteiger partial charge in [-0.25, -0.2) is 0 Å². The molecule has 1 atom stereocenters. The van der Waals surface area contributed by atoms with Crippen LogP contribution in [0.15, 0.2) is 42.5 Å². The number of aryl methyl sites for hydroxylation is 1. The molecule has 5 heteroatoms. The molecular formula is C19H20ClNO3. The number of halogens is 1. The normalized spacial score (nSPS) is 14.1. The van der Waals surface area contributed by atoms with Crippen molar-refractivity contribution in [2.45, 2.75) is 25.8 Å². The smallest absolute Gasteiger partial charge is 0.220 e. The second-order valence-corrected chi connectivity index (χ2v) is 6.26. The van der Waals surface area contributed by atoms with Gasteiger partial charge < -0.3 is 14.8 Å². The molecule has 0 fully saturated rings. The Labute approximate surface area is 146 Å². The van der Waals surface area contributed by atoms with Gasteiger partial charge in [0.1, 0.15) is 13.2 Å². The van der Waals surface area contributed by atoms with E-state index in [2.05, 4.69) is 5.32 Å². The Morgan fingerprint density at radius 1 is 1.12 bits per heavy atom. The molecular weight excluding hydrogens is 326 g/mol. The van der Waals surface area contributed by atoms with E-state index in [0.717, 1.165) is 22.6 Å². The van der Waals surface area contributed by atoms with Crippen LogP contribution >= 0.6 is 11.6 Å². The van der Waals surface area contributed by atoms with Crippen molar-refractivity contribution in [1.82, 2.24) is 5.32 Å². The monoisotopic (exact) mass is 345 g/mol. The fourth-order valence-electron chi connectivity index (χ4n) is 2.64. The molecule has 0 unspecified atom stereocenters. The third-order valence-corrected chi connectivity index (χ3v) is 4.25. The first kappa shape index (κ1) is 16.7. The summed E-state index contributed by atoms with van der Waals surface area (Å²) in [6.07, 6.45) is 1.13. The molecule has 1 aliphatic heterocycles. The summed E-state index contributed by atoms with van der Waals surface area (Å²) in [5, 5.41) is 3.73. The van der Waals surface area contributed by atoms with E-state index in [1.165, 1.54) is 0 Å². The van der Waals surface area contributed by atoms with Crippen molar-refractivity contribution in [2.75, 3.05) is 13.2 Å². The van der Waals surface area contributed by atoms with Crippen LogP contribution in [0.3, 0.4) is 0 Å². The van der Waals surface area contributed by atoms with Gasteiger partial charge in [-0.3, -0.25) is 4.79 Å². The Morgan fingerprint density at radius 2 is 1.83 bits per heavy atom. The molecule has 0 spiro atoms. The maximum absolute atomic E-state index is 12.2. The van der Waals surface area contributed by atoms with Crippen LogP contribution in [-0.2, 0) is 11.2 Å².